The number of hydrogen-bond donors (Lipinski definition) is 1. The van der Waals surface area contributed by atoms with Gasteiger partial charge >= 0.3 is 5.69 Å². The molecule has 0 saturated carbocycles. The molecule has 1 aromatic carbocycles. The number of aromatic nitrogens is 4. The second-order valence-corrected chi connectivity index (χ2v) is 6.32. The third-order valence-electron chi connectivity index (χ3n) is 4.53. The van der Waals surface area contributed by atoms with Gasteiger partial charge in [-0.05, 0) is 17.7 Å². The van der Waals surface area contributed by atoms with Gasteiger partial charge in [0.05, 0.1) is 19.4 Å². The number of furan rings is 1. The molecule has 0 amide bonds. The Morgan fingerprint density at radius 3 is 2.52 bits per heavy atom. The van der Waals surface area contributed by atoms with E-state index in [0.29, 0.717) is 30.2 Å². The largest absolute Gasteiger partial charge is 0.467 e. The first-order valence-electron chi connectivity index (χ1n) is 8.52. The minimum Gasteiger partial charge on any atom is -0.467 e. The first-order chi connectivity index (χ1) is 13.1. The number of hydrogen-bond acceptors (Lipinski definition) is 5. The van der Waals surface area contributed by atoms with Gasteiger partial charge in [-0.1, -0.05) is 30.3 Å². The summed E-state index contributed by atoms with van der Waals surface area (Å²) < 4.78 is 9.64. The molecule has 4 aromatic rings. The van der Waals surface area contributed by atoms with Crippen LogP contribution in [0.3, 0.4) is 0 Å². The van der Waals surface area contributed by atoms with Crippen molar-refractivity contribution >= 4 is 17.1 Å². The number of imidazole rings is 1. The highest BCUT2D eigenvalue weighted by Crippen LogP contribution is 2.18. The maximum atomic E-state index is 12.8. The van der Waals surface area contributed by atoms with E-state index in [-0.39, 0.29) is 5.56 Å². The van der Waals surface area contributed by atoms with Gasteiger partial charge in [0.25, 0.3) is 5.56 Å². The van der Waals surface area contributed by atoms with Crippen LogP contribution in [-0.2, 0) is 27.2 Å². The van der Waals surface area contributed by atoms with Crippen molar-refractivity contribution in [2.45, 2.75) is 13.1 Å². The van der Waals surface area contributed by atoms with Crippen LogP contribution < -0.4 is 16.6 Å². The highest BCUT2D eigenvalue weighted by Gasteiger charge is 2.19. The van der Waals surface area contributed by atoms with Crippen LogP contribution in [0.2, 0.25) is 0 Å². The van der Waals surface area contributed by atoms with Crippen LogP contribution in [0, 0.1) is 0 Å². The van der Waals surface area contributed by atoms with Crippen molar-refractivity contribution in [3.8, 4) is 0 Å². The van der Waals surface area contributed by atoms with E-state index in [2.05, 4.69) is 10.3 Å². The predicted molar refractivity (Wildman–Crippen MR) is 102 cm³/mol. The highest BCUT2D eigenvalue weighted by molar-refractivity contribution is 5.74. The molecule has 0 bridgehead atoms. The summed E-state index contributed by atoms with van der Waals surface area (Å²) in [4.78, 5) is 29.6. The van der Waals surface area contributed by atoms with Crippen LogP contribution in [0.15, 0.2) is 62.7 Å². The van der Waals surface area contributed by atoms with E-state index in [0.717, 1.165) is 15.9 Å². The van der Waals surface area contributed by atoms with Gasteiger partial charge in [0.2, 0.25) is 5.95 Å². The Morgan fingerprint density at radius 2 is 1.81 bits per heavy atom. The summed E-state index contributed by atoms with van der Waals surface area (Å²) in [6.45, 7) is 0.866. The Balaban J connectivity index is 1.88. The Bertz CT molecular complexity index is 1200. The zero-order valence-electron chi connectivity index (χ0n) is 15.0. The molecule has 0 fully saturated rings. The molecule has 3 heterocycles. The van der Waals surface area contributed by atoms with E-state index in [4.69, 9.17) is 4.42 Å². The summed E-state index contributed by atoms with van der Waals surface area (Å²) in [5.41, 5.74) is 0.970. The van der Waals surface area contributed by atoms with Crippen molar-refractivity contribution in [1.82, 2.24) is 18.7 Å². The predicted octanol–water partition coefficient (Wildman–Crippen LogP) is 1.69. The fourth-order valence-corrected chi connectivity index (χ4v) is 3.08. The van der Waals surface area contributed by atoms with E-state index in [1.54, 1.807) is 17.9 Å². The Morgan fingerprint density at radius 1 is 1.04 bits per heavy atom. The number of benzene rings is 1. The van der Waals surface area contributed by atoms with E-state index < -0.39 is 5.69 Å². The quantitative estimate of drug-likeness (QED) is 0.582. The van der Waals surface area contributed by atoms with Crippen molar-refractivity contribution in [1.29, 1.82) is 0 Å². The van der Waals surface area contributed by atoms with Gasteiger partial charge < -0.3 is 9.73 Å². The van der Waals surface area contributed by atoms with Crippen molar-refractivity contribution in [2.24, 2.45) is 14.1 Å². The number of nitrogens with zero attached hydrogens (tertiary/aromatic N) is 4. The Kier molecular flexibility index (Phi) is 4.15. The van der Waals surface area contributed by atoms with Crippen molar-refractivity contribution < 1.29 is 4.42 Å². The van der Waals surface area contributed by atoms with Gasteiger partial charge in [0, 0.05) is 14.1 Å². The molecule has 0 atom stereocenters. The molecule has 0 spiro atoms. The molecule has 0 aliphatic rings. The average Bonchev–Trinajstić information content (AvgIpc) is 3.32. The molecular formula is C19H19N5O3. The molecule has 138 valence electrons. The molecule has 3 aromatic heterocycles. The SMILES string of the molecule is Cn1c(=O)c2c(nc(NCc3ccco3)n2Cc2ccccc2)n(C)c1=O. The van der Waals surface area contributed by atoms with Gasteiger partial charge in [-0.25, -0.2) is 4.79 Å². The zero-order valence-corrected chi connectivity index (χ0v) is 15.0. The average molecular weight is 365 g/mol. The first-order valence-corrected chi connectivity index (χ1v) is 8.52. The molecule has 0 saturated heterocycles. The van der Waals surface area contributed by atoms with Crippen LogP contribution in [0.4, 0.5) is 5.95 Å². The fourth-order valence-electron chi connectivity index (χ4n) is 3.08. The van der Waals surface area contributed by atoms with E-state index >= 15 is 0 Å². The first kappa shape index (κ1) is 16.9. The lowest BCUT2D eigenvalue weighted by Crippen LogP contribution is -2.37. The van der Waals surface area contributed by atoms with Crippen LogP contribution in [0.1, 0.15) is 11.3 Å². The number of aryl methyl sites for hydroxylation is 1. The van der Waals surface area contributed by atoms with Crippen LogP contribution in [-0.4, -0.2) is 18.7 Å². The van der Waals surface area contributed by atoms with Gasteiger partial charge in [-0.3, -0.25) is 18.5 Å². The smallest absolute Gasteiger partial charge is 0.332 e. The van der Waals surface area contributed by atoms with E-state index in [1.807, 2.05) is 42.5 Å². The molecule has 1 N–H and O–H groups in total. The molecule has 0 aliphatic carbocycles. The van der Waals surface area contributed by atoms with Gasteiger partial charge in [-0.2, -0.15) is 4.98 Å². The standard InChI is InChI=1S/C19H19N5O3/c1-22-16-15(17(25)23(2)19(22)26)24(12-13-7-4-3-5-8-13)18(21-16)20-11-14-9-6-10-27-14/h3-10H,11-12H2,1-2H3,(H,20,21). The van der Waals surface area contributed by atoms with Gasteiger partial charge in [-0.15, -0.1) is 0 Å². The monoisotopic (exact) mass is 365 g/mol. The second kappa shape index (κ2) is 6.64. The summed E-state index contributed by atoms with van der Waals surface area (Å²) in [7, 11) is 3.08. The highest BCUT2D eigenvalue weighted by atomic mass is 16.3. The topological polar surface area (TPSA) is 87.0 Å². The summed E-state index contributed by atoms with van der Waals surface area (Å²) in [6.07, 6.45) is 1.60. The van der Waals surface area contributed by atoms with Crippen LogP contribution in [0.5, 0.6) is 0 Å². The lowest BCUT2D eigenvalue weighted by Gasteiger charge is -2.10. The number of nitrogens with one attached hydrogen (secondary N) is 1. The Labute approximate surface area is 154 Å². The molecule has 0 aliphatic heterocycles. The maximum absolute atomic E-state index is 12.8. The fraction of sp³-hybridized carbons (Fsp3) is 0.211. The van der Waals surface area contributed by atoms with Gasteiger partial charge in [0.1, 0.15) is 5.76 Å². The Hall–Kier alpha value is -3.55. The summed E-state index contributed by atoms with van der Waals surface area (Å²) in [5, 5.41) is 3.21. The number of fused-ring (bicyclic) bond motifs is 1. The van der Waals surface area contributed by atoms with Gasteiger partial charge in [0.15, 0.2) is 11.2 Å². The van der Waals surface area contributed by atoms with Crippen molar-refractivity contribution in [3.63, 3.8) is 0 Å². The summed E-state index contributed by atoms with van der Waals surface area (Å²) in [5.74, 6) is 1.25. The molecule has 8 nitrogen and oxygen atoms in total. The summed E-state index contributed by atoms with van der Waals surface area (Å²) >= 11 is 0. The molecule has 27 heavy (non-hydrogen) atoms. The van der Waals surface area contributed by atoms with Crippen molar-refractivity contribution in [2.75, 3.05) is 5.32 Å². The minimum atomic E-state index is -0.408. The lowest BCUT2D eigenvalue weighted by atomic mass is 10.2. The van der Waals surface area contributed by atoms with E-state index in [1.165, 1.54) is 11.6 Å². The normalized spacial score (nSPS) is 11.2. The molecule has 0 unspecified atom stereocenters. The van der Waals surface area contributed by atoms with Crippen molar-refractivity contribution in [3.05, 3.63) is 80.9 Å². The maximum Gasteiger partial charge on any atom is 0.332 e. The van der Waals surface area contributed by atoms with E-state index in [9.17, 15) is 9.59 Å². The third kappa shape index (κ3) is 2.95. The lowest BCUT2D eigenvalue weighted by molar-refractivity contribution is 0.517. The summed E-state index contributed by atoms with van der Waals surface area (Å²) in [6, 6.07) is 13.4. The molecular weight excluding hydrogens is 346 g/mol. The molecule has 8 heteroatoms. The number of anilines is 1. The molecule has 4 rings (SSSR count). The van der Waals surface area contributed by atoms with Crippen LogP contribution >= 0.6 is 0 Å². The second-order valence-electron chi connectivity index (χ2n) is 6.32. The third-order valence-corrected chi connectivity index (χ3v) is 4.53. The zero-order chi connectivity index (χ0) is 19.0. The van der Waals surface area contributed by atoms with Crippen LogP contribution in [0.25, 0.3) is 11.2 Å². The minimum absolute atomic E-state index is 0.348. The molecule has 0 radical (unpaired) electrons. The number of rotatable bonds is 5.